The maximum atomic E-state index is 12.3. The quantitative estimate of drug-likeness (QED) is 0.728. The summed E-state index contributed by atoms with van der Waals surface area (Å²) in [4.78, 5) is 13.3. The van der Waals surface area contributed by atoms with Crippen molar-refractivity contribution >= 4 is 46.6 Å². The van der Waals surface area contributed by atoms with Crippen LogP contribution in [0.3, 0.4) is 0 Å². The first kappa shape index (κ1) is 16.2. The molecule has 0 aliphatic rings. The first-order chi connectivity index (χ1) is 10.1. The highest BCUT2D eigenvalue weighted by Crippen LogP contribution is 2.27. The summed E-state index contributed by atoms with van der Waals surface area (Å²) in [5.41, 5.74) is 0.711. The molecule has 2 aromatic rings. The van der Waals surface area contributed by atoms with Gasteiger partial charge in [-0.2, -0.15) is 0 Å². The molecule has 0 heterocycles. The molecule has 110 valence electrons. The molecule has 5 heteroatoms. The Morgan fingerprint density at radius 2 is 1.86 bits per heavy atom. The minimum Gasteiger partial charge on any atom is -0.325 e. The van der Waals surface area contributed by atoms with Gasteiger partial charge < -0.3 is 5.32 Å². The first-order valence-electron chi connectivity index (χ1n) is 6.57. The summed E-state index contributed by atoms with van der Waals surface area (Å²) in [6.07, 6.45) is 0.736. The van der Waals surface area contributed by atoms with Crippen LogP contribution in [-0.4, -0.2) is 11.2 Å². The average Bonchev–Trinajstić information content (AvgIpc) is 2.46. The van der Waals surface area contributed by atoms with E-state index in [1.165, 1.54) is 11.8 Å². The summed E-state index contributed by atoms with van der Waals surface area (Å²) in [7, 11) is 0. The number of rotatable bonds is 5. The van der Waals surface area contributed by atoms with E-state index in [0.717, 1.165) is 11.3 Å². The van der Waals surface area contributed by atoms with Gasteiger partial charge in [-0.05, 0) is 48.9 Å². The van der Waals surface area contributed by atoms with Crippen molar-refractivity contribution in [2.24, 2.45) is 0 Å². The van der Waals surface area contributed by atoms with Crippen LogP contribution in [-0.2, 0) is 4.79 Å². The summed E-state index contributed by atoms with van der Waals surface area (Å²) < 4.78 is 0. The standard InChI is InChI=1S/C16H15Cl2NOS/c1-2-15(21-14-8-6-11(17)7-9-14)16(20)19-13-5-3-4-12(18)10-13/h3-10,15H,2H2,1H3,(H,19,20)/t15-/m0/s1. The molecule has 1 atom stereocenters. The lowest BCUT2D eigenvalue weighted by Gasteiger charge is -2.15. The highest BCUT2D eigenvalue weighted by atomic mass is 35.5. The Morgan fingerprint density at radius 1 is 1.14 bits per heavy atom. The van der Waals surface area contributed by atoms with Gasteiger partial charge in [0.2, 0.25) is 5.91 Å². The van der Waals surface area contributed by atoms with Gasteiger partial charge in [0.25, 0.3) is 0 Å². The zero-order chi connectivity index (χ0) is 15.2. The molecule has 1 amide bonds. The van der Waals surface area contributed by atoms with Crippen LogP contribution in [0.5, 0.6) is 0 Å². The predicted octanol–water partition coefficient (Wildman–Crippen LogP) is 5.50. The fourth-order valence-electron chi connectivity index (χ4n) is 1.79. The lowest BCUT2D eigenvalue weighted by atomic mass is 10.3. The summed E-state index contributed by atoms with van der Waals surface area (Å²) in [6, 6.07) is 14.6. The number of nitrogens with one attached hydrogen (secondary N) is 1. The monoisotopic (exact) mass is 339 g/mol. The molecule has 0 bridgehead atoms. The van der Waals surface area contributed by atoms with E-state index in [0.29, 0.717) is 15.7 Å². The van der Waals surface area contributed by atoms with Crippen molar-refractivity contribution in [1.82, 2.24) is 0 Å². The number of thioether (sulfide) groups is 1. The molecule has 1 N–H and O–H groups in total. The van der Waals surface area contributed by atoms with Crippen LogP contribution in [0.2, 0.25) is 10.0 Å². The average molecular weight is 340 g/mol. The third-order valence-electron chi connectivity index (χ3n) is 2.85. The molecule has 0 radical (unpaired) electrons. The van der Waals surface area contributed by atoms with E-state index < -0.39 is 0 Å². The van der Waals surface area contributed by atoms with Crippen molar-refractivity contribution < 1.29 is 4.79 Å². The number of hydrogen-bond acceptors (Lipinski definition) is 2. The number of carbonyl (C=O) groups excluding carboxylic acids is 1. The van der Waals surface area contributed by atoms with Gasteiger partial charge in [0.15, 0.2) is 0 Å². The maximum Gasteiger partial charge on any atom is 0.237 e. The fraction of sp³-hybridized carbons (Fsp3) is 0.188. The number of halogens is 2. The van der Waals surface area contributed by atoms with E-state index in [4.69, 9.17) is 23.2 Å². The molecule has 0 aromatic heterocycles. The highest BCUT2D eigenvalue weighted by Gasteiger charge is 2.18. The fourth-order valence-corrected chi connectivity index (χ4v) is 3.06. The molecule has 0 saturated carbocycles. The van der Waals surface area contributed by atoms with Crippen molar-refractivity contribution in [2.45, 2.75) is 23.5 Å². The largest absolute Gasteiger partial charge is 0.325 e. The zero-order valence-electron chi connectivity index (χ0n) is 11.5. The van der Waals surface area contributed by atoms with Crippen LogP contribution in [0.25, 0.3) is 0 Å². The van der Waals surface area contributed by atoms with E-state index in [1.807, 2.05) is 43.3 Å². The molecule has 21 heavy (non-hydrogen) atoms. The SMILES string of the molecule is CC[C@H](Sc1ccc(Cl)cc1)C(=O)Nc1cccc(Cl)c1. The lowest BCUT2D eigenvalue weighted by molar-refractivity contribution is -0.115. The zero-order valence-corrected chi connectivity index (χ0v) is 13.8. The molecule has 0 aliphatic carbocycles. The number of hydrogen-bond donors (Lipinski definition) is 1. The van der Waals surface area contributed by atoms with Crippen LogP contribution < -0.4 is 5.32 Å². The van der Waals surface area contributed by atoms with Gasteiger partial charge in [0.05, 0.1) is 5.25 Å². The van der Waals surface area contributed by atoms with Gasteiger partial charge in [0, 0.05) is 20.6 Å². The van der Waals surface area contributed by atoms with Crippen molar-refractivity contribution in [2.75, 3.05) is 5.32 Å². The third-order valence-corrected chi connectivity index (χ3v) is 4.71. The van der Waals surface area contributed by atoms with Crippen LogP contribution in [0.1, 0.15) is 13.3 Å². The molecule has 0 fully saturated rings. The van der Waals surface area contributed by atoms with Crippen LogP contribution >= 0.6 is 35.0 Å². The topological polar surface area (TPSA) is 29.1 Å². The Kier molecular flexibility index (Phi) is 5.97. The van der Waals surface area contributed by atoms with E-state index in [1.54, 1.807) is 12.1 Å². The smallest absolute Gasteiger partial charge is 0.237 e. The highest BCUT2D eigenvalue weighted by molar-refractivity contribution is 8.00. The number of amides is 1. The van der Waals surface area contributed by atoms with Gasteiger partial charge in [-0.3, -0.25) is 4.79 Å². The number of benzene rings is 2. The van der Waals surface area contributed by atoms with Gasteiger partial charge in [-0.1, -0.05) is 36.2 Å². The predicted molar refractivity (Wildman–Crippen MR) is 91.5 cm³/mol. The molecule has 0 unspecified atom stereocenters. The van der Waals surface area contributed by atoms with Crippen LogP contribution in [0.4, 0.5) is 5.69 Å². The Hall–Kier alpha value is -1.16. The van der Waals surface area contributed by atoms with Crippen molar-refractivity contribution in [1.29, 1.82) is 0 Å². The Balaban J connectivity index is 2.03. The van der Waals surface area contributed by atoms with Crippen LogP contribution in [0, 0.1) is 0 Å². The number of anilines is 1. The maximum absolute atomic E-state index is 12.3. The molecule has 0 saturated heterocycles. The Labute approximate surface area is 138 Å². The van der Waals surface area contributed by atoms with E-state index in [-0.39, 0.29) is 11.2 Å². The Bertz CT molecular complexity index is 616. The molecule has 2 aromatic carbocycles. The summed E-state index contributed by atoms with van der Waals surface area (Å²) in [5.74, 6) is -0.0280. The molecular weight excluding hydrogens is 325 g/mol. The molecule has 2 rings (SSSR count). The summed E-state index contributed by atoms with van der Waals surface area (Å²) in [5, 5.41) is 4.03. The Morgan fingerprint density at radius 3 is 2.48 bits per heavy atom. The summed E-state index contributed by atoms with van der Waals surface area (Å²) >= 11 is 13.3. The van der Waals surface area contributed by atoms with E-state index >= 15 is 0 Å². The molecule has 0 aliphatic heterocycles. The van der Waals surface area contributed by atoms with Crippen molar-refractivity contribution in [3.05, 3.63) is 58.6 Å². The normalized spacial score (nSPS) is 12.0. The molecule has 0 spiro atoms. The molecular formula is C16H15Cl2NOS. The van der Waals surface area contributed by atoms with Gasteiger partial charge in [-0.25, -0.2) is 0 Å². The second-order valence-electron chi connectivity index (χ2n) is 4.47. The molecule has 2 nitrogen and oxygen atoms in total. The van der Waals surface area contributed by atoms with Gasteiger partial charge in [-0.15, -0.1) is 11.8 Å². The third kappa shape index (κ3) is 4.95. The van der Waals surface area contributed by atoms with Crippen LogP contribution in [0.15, 0.2) is 53.4 Å². The van der Waals surface area contributed by atoms with Crippen molar-refractivity contribution in [3.63, 3.8) is 0 Å². The van der Waals surface area contributed by atoms with E-state index in [2.05, 4.69) is 5.32 Å². The second kappa shape index (κ2) is 7.74. The van der Waals surface area contributed by atoms with Crippen molar-refractivity contribution in [3.8, 4) is 0 Å². The summed E-state index contributed by atoms with van der Waals surface area (Å²) in [6.45, 7) is 1.99. The minimum absolute atomic E-state index is 0.0280. The first-order valence-corrected chi connectivity index (χ1v) is 8.20. The van der Waals surface area contributed by atoms with E-state index in [9.17, 15) is 4.79 Å². The van der Waals surface area contributed by atoms with Gasteiger partial charge in [0.1, 0.15) is 0 Å². The lowest BCUT2D eigenvalue weighted by Crippen LogP contribution is -2.24. The van der Waals surface area contributed by atoms with Gasteiger partial charge >= 0.3 is 0 Å². The second-order valence-corrected chi connectivity index (χ2v) is 6.62. The minimum atomic E-state index is -0.162. The number of carbonyl (C=O) groups is 1.